The summed E-state index contributed by atoms with van der Waals surface area (Å²) in [4.78, 5) is 0. The SMILES string of the molecule is Cn1nccc1CCC(O)C1(C)CCCO1. The van der Waals surface area contributed by atoms with E-state index in [1.807, 2.05) is 24.7 Å². The summed E-state index contributed by atoms with van der Waals surface area (Å²) in [6, 6.07) is 1.99. The summed E-state index contributed by atoms with van der Waals surface area (Å²) in [7, 11) is 1.93. The molecule has 1 aliphatic heterocycles. The number of nitrogens with zero attached hydrogens (tertiary/aromatic N) is 2. The van der Waals surface area contributed by atoms with Crippen LogP contribution in [-0.2, 0) is 18.2 Å². The lowest BCUT2D eigenvalue weighted by Crippen LogP contribution is -2.38. The van der Waals surface area contributed by atoms with Gasteiger partial charge in [-0.25, -0.2) is 0 Å². The first kappa shape index (κ1) is 11.6. The lowest BCUT2D eigenvalue weighted by molar-refractivity contribution is -0.0802. The first-order valence-corrected chi connectivity index (χ1v) is 5.91. The Bertz CT molecular complexity index is 343. The Morgan fingerprint density at radius 1 is 1.69 bits per heavy atom. The fourth-order valence-electron chi connectivity index (χ4n) is 2.30. The molecule has 4 nitrogen and oxygen atoms in total. The van der Waals surface area contributed by atoms with Gasteiger partial charge in [0.15, 0.2) is 0 Å². The number of hydrogen-bond donors (Lipinski definition) is 1. The van der Waals surface area contributed by atoms with Crippen molar-refractivity contribution in [3.8, 4) is 0 Å². The number of aryl methyl sites for hydroxylation is 2. The zero-order chi connectivity index (χ0) is 11.6. The maximum absolute atomic E-state index is 10.1. The molecule has 4 heteroatoms. The first-order chi connectivity index (χ1) is 7.62. The standard InChI is InChI=1S/C12H20N2O2/c1-12(7-3-9-16-12)11(15)5-4-10-6-8-13-14(10)2/h6,8,11,15H,3-5,7,9H2,1-2H3. The molecule has 1 fully saturated rings. The molecule has 0 spiro atoms. The number of rotatable bonds is 4. The van der Waals surface area contributed by atoms with E-state index in [2.05, 4.69) is 5.10 Å². The Hall–Kier alpha value is -0.870. The molecule has 2 rings (SSSR count). The van der Waals surface area contributed by atoms with E-state index < -0.39 is 0 Å². The molecule has 0 amide bonds. The molecule has 0 aliphatic carbocycles. The van der Waals surface area contributed by atoms with Crippen LogP contribution in [0.15, 0.2) is 12.3 Å². The molecule has 2 unspecified atom stereocenters. The molecule has 1 saturated heterocycles. The van der Waals surface area contributed by atoms with Crippen LogP contribution >= 0.6 is 0 Å². The van der Waals surface area contributed by atoms with E-state index in [0.29, 0.717) is 0 Å². The highest BCUT2D eigenvalue weighted by atomic mass is 16.5. The summed E-state index contributed by atoms with van der Waals surface area (Å²) >= 11 is 0. The molecule has 1 aromatic heterocycles. The van der Waals surface area contributed by atoms with Crippen LogP contribution in [0.2, 0.25) is 0 Å². The van der Waals surface area contributed by atoms with E-state index in [0.717, 1.165) is 38.0 Å². The zero-order valence-corrected chi connectivity index (χ0v) is 10.0. The summed E-state index contributed by atoms with van der Waals surface area (Å²) in [6.45, 7) is 2.78. The van der Waals surface area contributed by atoms with Crippen LogP contribution in [0.1, 0.15) is 31.9 Å². The molecule has 0 saturated carbocycles. The Labute approximate surface area is 96.2 Å². The molecule has 90 valence electrons. The van der Waals surface area contributed by atoms with Crippen LogP contribution in [0.25, 0.3) is 0 Å². The Morgan fingerprint density at radius 2 is 2.50 bits per heavy atom. The van der Waals surface area contributed by atoms with Crippen LogP contribution < -0.4 is 0 Å². The molecule has 1 N–H and O–H groups in total. The highest BCUT2D eigenvalue weighted by Crippen LogP contribution is 2.30. The van der Waals surface area contributed by atoms with Gasteiger partial charge >= 0.3 is 0 Å². The first-order valence-electron chi connectivity index (χ1n) is 5.91. The van der Waals surface area contributed by atoms with Crippen molar-refractivity contribution in [1.82, 2.24) is 9.78 Å². The Balaban J connectivity index is 1.88. The van der Waals surface area contributed by atoms with Gasteiger partial charge in [-0.3, -0.25) is 4.68 Å². The van der Waals surface area contributed by atoms with Gasteiger partial charge in [0.1, 0.15) is 0 Å². The Morgan fingerprint density at radius 3 is 3.06 bits per heavy atom. The summed E-state index contributed by atoms with van der Waals surface area (Å²) in [5, 5.41) is 14.3. The molecular weight excluding hydrogens is 204 g/mol. The predicted molar refractivity (Wildman–Crippen MR) is 61.1 cm³/mol. The van der Waals surface area contributed by atoms with Gasteiger partial charge in [0.2, 0.25) is 0 Å². The molecule has 1 aliphatic rings. The monoisotopic (exact) mass is 224 g/mol. The molecular formula is C12H20N2O2. The minimum atomic E-state index is -0.384. The largest absolute Gasteiger partial charge is 0.390 e. The van der Waals surface area contributed by atoms with Crippen molar-refractivity contribution in [3.05, 3.63) is 18.0 Å². The van der Waals surface area contributed by atoms with Gasteiger partial charge in [-0.15, -0.1) is 0 Å². The highest BCUT2D eigenvalue weighted by Gasteiger charge is 2.36. The van der Waals surface area contributed by atoms with Crippen molar-refractivity contribution < 1.29 is 9.84 Å². The second-order valence-corrected chi connectivity index (χ2v) is 4.77. The fourth-order valence-corrected chi connectivity index (χ4v) is 2.30. The predicted octanol–water partition coefficient (Wildman–Crippen LogP) is 1.28. The van der Waals surface area contributed by atoms with Crippen LogP contribution in [-0.4, -0.2) is 33.2 Å². The summed E-state index contributed by atoms with van der Waals surface area (Å²) in [5.74, 6) is 0. The summed E-state index contributed by atoms with van der Waals surface area (Å²) < 4.78 is 7.48. The lowest BCUT2D eigenvalue weighted by atomic mass is 9.92. The number of hydrogen-bond acceptors (Lipinski definition) is 3. The van der Waals surface area contributed by atoms with Crippen molar-refractivity contribution in [3.63, 3.8) is 0 Å². The van der Waals surface area contributed by atoms with Gasteiger partial charge in [-0.05, 0) is 38.7 Å². The van der Waals surface area contributed by atoms with Crippen LogP contribution in [0.5, 0.6) is 0 Å². The average molecular weight is 224 g/mol. The van der Waals surface area contributed by atoms with Crippen molar-refractivity contribution in [2.75, 3.05) is 6.61 Å². The number of ether oxygens (including phenoxy) is 1. The van der Waals surface area contributed by atoms with Crippen molar-refractivity contribution in [1.29, 1.82) is 0 Å². The van der Waals surface area contributed by atoms with Gasteiger partial charge in [0.25, 0.3) is 0 Å². The minimum absolute atomic E-state index is 0.335. The van der Waals surface area contributed by atoms with Gasteiger partial charge in [0, 0.05) is 25.5 Å². The third kappa shape index (κ3) is 2.28. The second-order valence-electron chi connectivity index (χ2n) is 4.77. The number of aliphatic hydroxyl groups excluding tert-OH is 1. The van der Waals surface area contributed by atoms with Crippen molar-refractivity contribution in [2.24, 2.45) is 7.05 Å². The van der Waals surface area contributed by atoms with E-state index in [-0.39, 0.29) is 11.7 Å². The zero-order valence-electron chi connectivity index (χ0n) is 10.0. The van der Waals surface area contributed by atoms with Gasteiger partial charge in [-0.1, -0.05) is 0 Å². The average Bonchev–Trinajstić information content (AvgIpc) is 2.85. The fraction of sp³-hybridized carbons (Fsp3) is 0.750. The van der Waals surface area contributed by atoms with Crippen molar-refractivity contribution >= 4 is 0 Å². The molecule has 0 aromatic carbocycles. The maximum Gasteiger partial charge on any atom is 0.0913 e. The third-order valence-electron chi connectivity index (χ3n) is 3.55. The number of aromatic nitrogens is 2. The van der Waals surface area contributed by atoms with Gasteiger partial charge in [-0.2, -0.15) is 5.10 Å². The summed E-state index contributed by atoms with van der Waals surface area (Å²) in [6.07, 6.45) is 4.99. The molecule has 0 bridgehead atoms. The summed E-state index contributed by atoms with van der Waals surface area (Å²) in [5.41, 5.74) is 0.819. The third-order valence-corrected chi connectivity index (χ3v) is 3.55. The van der Waals surface area contributed by atoms with Crippen LogP contribution in [0.4, 0.5) is 0 Å². The second kappa shape index (κ2) is 4.55. The lowest BCUT2D eigenvalue weighted by Gasteiger charge is -2.29. The van der Waals surface area contributed by atoms with E-state index in [4.69, 9.17) is 4.74 Å². The van der Waals surface area contributed by atoms with E-state index >= 15 is 0 Å². The smallest absolute Gasteiger partial charge is 0.0913 e. The van der Waals surface area contributed by atoms with E-state index in [1.165, 1.54) is 0 Å². The van der Waals surface area contributed by atoms with Gasteiger partial charge in [0.05, 0.1) is 11.7 Å². The molecule has 0 radical (unpaired) electrons. The van der Waals surface area contributed by atoms with Crippen LogP contribution in [0, 0.1) is 0 Å². The Kier molecular flexibility index (Phi) is 3.30. The minimum Gasteiger partial charge on any atom is -0.390 e. The van der Waals surface area contributed by atoms with Crippen LogP contribution in [0.3, 0.4) is 0 Å². The molecule has 16 heavy (non-hydrogen) atoms. The topological polar surface area (TPSA) is 47.3 Å². The normalized spacial score (nSPS) is 27.2. The molecule has 1 aromatic rings. The molecule has 2 heterocycles. The molecule has 2 atom stereocenters. The number of aliphatic hydroxyl groups is 1. The van der Waals surface area contributed by atoms with Crippen molar-refractivity contribution in [2.45, 2.75) is 44.3 Å². The maximum atomic E-state index is 10.1. The highest BCUT2D eigenvalue weighted by molar-refractivity contribution is 5.01. The van der Waals surface area contributed by atoms with E-state index in [9.17, 15) is 5.11 Å². The van der Waals surface area contributed by atoms with E-state index in [1.54, 1.807) is 6.20 Å². The van der Waals surface area contributed by atoms with Gasteiger partial charge < -0.3 is 9.84 Å². The quantitative estimate of drug-likeness (QED) is 0.838.